The van der Waals surface area contributed by atoms with Crippen molar-refractivity contribution in [3.63, 3.8) is 0 Å². The summed E-state index contributed by atoms with van der Waals surface area (Å²) in [6.07, 6.45) is 5.79. The zero-order valence-corrected chi connectivity index (χ0v) is 16.4. The quantitative estimate of drug-likeness (QED) is 0.385. The lowest BCUT2D eigenvalue weighted by molar-refractivity contribution is 0.0955. The van der Waals surface area contributed by atoms with Crippen LogP contribution in [-0.4, -0.2) is 49.0 Å². The van der Waals surface area contributed by atoms with Crippen molar-refractivity contribution in [2.24, 2.45) is 4.99 Å². The molecular weight excluding hydrogens is 356 g/mol. The van der Waals surface area contributed by atoms with Gasteiger partial charge >= 0.3 is 0 Å². The maximum Gasteiger partial charge on any atom is 0.252 e. The Kier molecular flexibility index (Phi) is 8.41. The Bertz CT molecular complexity index is 596. The monoisotopic (exact) mass is 382 g/mol. The molecule has 0 heterocycles. The molecule has 1 aromatic carbocycles. The third-order valence-electron chi connectivity index (χ3n) is 4.19. The van der Waals surface area contributed by atoms with Crippen LogP contribution in [0.5, 0.6) is 0 Å². The average molecular weight is 383 g/mol. The zero-order chi connectivity index (χ0) is 18.1. The molecule has 0 radical (unpaired) electrons. The Morgan fingerprint density at radius 3 is 2.80 bits per heavy atom. The van der Waals surface area contributed by atoms with E-state index in [9.17, 15) is 4.79 Å². The van der Waals surface area contributed by atoms with Gasteiger partial charge in [0, 0.05) is 24.4 Å². The molecule has 0 aliphatic heterocycles. The Hall–Kier alpha value is -1.40. The molecule has 2 atom stereocenters. The first kappa shape index (κ1) is 19.9. The maximum atomic E-state index is 12.1. The molecule has 0 aromatic heterocycles. The predicted molar refractivity (Wildman–Crippen MR) is 108 cm³/mol. The molecule has 1 aliphatic rings. The van der Waals surface area contributed by atoms with Gasteiger partial charge in [0.25, 0.3) is 5.91 Å². The molecular formula is C18H27ClN4OS. The zero-order valence-electron chi connectivity index (χ0n) is 14.8. The molecule has 2 unspecified atom stereocenters. The fourth-order valence-corrected chi connectivity index (χ4v) is 3.89. The fraction of sp³-hybridized carbons (Fsp3) is 0.556. The number of aliphatic imine (C=N–C) groups is 1. The summed E-state index contributed by atoms with van der Waals surface area (Å²) in [5, 5.41) is 10.8. The Morgan fingerprint density at radius 1 is 1.32 bits per heavy atom. The van der Waals surface area contributed by atoms with Gasteiger partial charge in [0.05, 0.1) is 17.1 Å². The second-order valence-corrected chi connectivity index (χ2v) is 7.55. The molecule has 0 spiro atoms. The minimum absolute atomic E-state index is 0.169. The van der Waals surface area contributed by atoms with Crippen LogP contribution in [0.15, 0.2) is 29.3 Å². The van der Waals surface area contributed by atoms with E-state index in [4.69, 9.17) is 11.6 Å². The molecule has 5 nitrogen and oxygen atoms in total. The number of amides is 1. The van der Waals surface area contributed by atoms with Crippen LogP contribution in [0.25, 0.3) is 0 Å². The molecule has 1 amide bonds. The molecule has 7 heteroatoms. The number of nitrogens with one attached hydrogen (secondary N) is 3. The van der Waals surface area contributed by atoms with Crippen molar-refractivity contribution in [2.75, 3.05) is 25.9 Å². The third-order valence-corrected chi connectivity index (χ3v) is 5.61. The van der Waals surface area contributed by atoms with Gasteiger partial charge in [-0.15, -0.1) is 0 Å². The van der Waals surface area contributed by atoms with Crippen molar-refractivity contribution in [3.05, 3.63) is 34.9 Å². The molecule has 0 saturated heterocycles. The highest BCUT2D eigenvalue weighted by atomic mass is 35.5. The van der Waals surface area contributed by atoms with E-state index in [2.05, 4.69) is 34.1 Å². The lowest BCUT2D eigenvalue weighted by Gasteiger charge is -2.17. The topological polar surface area (TPSA) is 65.5 Å². The molecule has 1 saturated carbocycles. The SMILES string of the molecule is CCNC(=NCCNC(=O)c1ccccc1Cl)NC1CCC(SC)C1. The summed E-state index contributed by atoms with van der Waals surface area (Å²) >= 11 is 7.97. The van der Waals surface area contributed by atoms with Gasteiger partial charge in [-0.2, -0.15) is 11.8 Å². The van der Waals surface area contributed by atoms with Crippen LogP contribution >= 0.6 is 23.4 Å². The highest BCUT2D eigenvalue weighted by Crippen LogP contribution is 2.27. The van der Waals surface area contributed by atoms with Crippen molar-refractivity contribution in [1.82, 2.24) is 16.0 Å². The van der Waals surface area contributed by atoms with E-state index < -0.39 is 0 Å². The number of hydrogen-bond donors (Lipinski definition) is 3. The Labute approximate surface area is 159 Å². The van der Waals surface area contributed by atoms with E-state index in [0.717, 1.165) is 17.8 Å². The lowest BCUT2D eigenvalue weighted by Crippen LogP contribution is -2.43. The van der Waals surface area contributed by atoms with E-state index >= 15 is 0 Å². The first-order valence-electron chi connectivity index (χ1n) is 8.74. The Morgan fingerprint density at radius 2 is 2.12 bits per heavy atom. The smallest absolute Gasteiger partial charge is 0.252 e. The van der Waals surface area contributed by atoms with E-state index in [1.54, 1.807) is 18.2 Å². The first-order valence-corrected chi connectivity index (χ1v) is 10.4. The standard InChI is InChI=1S/C18H27ClN4OS/c1-3-20-18(23-13-8-9-14(12-13)25-2)22-11-10-21-17(24)15-6-4-5-7-16(15)19/h4-7,13-14H,3,8-12H2,1-2H3,(H,21,24)(H2,20,22,23). The van der Waals surface area contributed by atoms with Crippen molar-refractivity contribution in [1.29, 1.82) is 0 Å². The lowest BCUT2D eigenvalue weighted by atomic mass is 10.2. The van der Waals surface area contributed by atoms with Gasteiger partial charge < -0.3 is 16.0 Å². The van der Waals surface area contributed by atoms with Gasteiger partial charge in [0.2, 0.25) is 0 Å². The molecule has 138 valence electrons. The van der Waals surface area contributed by atoms with Crippen molar-refractivity contribution in [3.8, 4) is 0 Å². The second-order valence-electron chi connectivity index (χ2n) is 6.01. The van der Waals surface area contributed by atoms with E-state index in [1.807, 2.05) is 17.8 Å². The number of carbonyl (C=O) groups excluding carboxylic acids is 1. The molecule has 1 fully saturated rings. The van der Waals surface area contributed by atoms with Gasteiger partial charge in [-0.05, 0) is 44.6 Å². The second kappa shape index (κ2) is 10.6. The normalized spacial score (nSPS) is 20.4. The summed E-state index contributed by atoms with van der Waals surface area (Å²) in [6.45, 7) is 3.86. The summed E-state index contributed by atoms with van der Waals surface area (Å²) in [4.78, 5) is 16.7. The molecule has 2 rings (SSSR count). The summed E-state index contributed by atoms with van der Waals surface area (Å²) in [5.41, 5.74) is 0.493. The predicted octanol–water partition coefficient (Wildman–Crippen LogP) is 2.91. The number of benzene rings is 1. The summed E-state index contributed by atoms with van der Waals surface area (Å²) in [6, 6.07) is 7.52. The minimum Gasteiger partial charge on any atom is -0.357 e. The molecule has 3 N–H and O–H groups in total. The summed E-state index contributed by atoms with van der Waals surface area (Å²) < 4.78 is 0. The van der Waals surface area contributed by atoms with E-state index in [1.165, 1.54) is 19.3 Å². The van der Waals surface area contributed by atoms with Crippen molar-refractivity contribution < 1.29 is 4.79 Å². The number of hydrogen-bond acceptors (Lipinski definition) is 3. The number of carbonyl (C=O) groups is 1. The van der Waals surface area contributed by atoms with Crippen LogP contribution in [-0.2, 0) is 0 Å². The van der Waals surface area contributed by atoms with Crippen LogP contribution < -0.4 is 16.0 Å². The van der Waals surface area contributed by atoms with Crippen LogP contribution in [0.3, 0.4) is 0 Å². The van der Waals surface area contributed by atoms with Crippen LogP contribution in [0, 0.1) is 0 Å². The molecule has 1 aliphatic carbocycles. The highest BCUT2D eigenvalue weighted by Gasteiger charge is 2.24. The molecule has 0 bridgehead atoms. The van der Waals surface area contributed by atoms with Crippen LogP contribution in [0.4, 0.5) is 0 Å². The first-order chi connectivity index (χ1) is 12.1. The van der Waals surface area contributed by atoms with Crippen LogP contribution in [0.1, 0.15) is 36.5 Å². The van der Waals surface area contributed by atoms with E-state index in [-0.39, 0.29) is 5.91 Å². The maximum absolute atomic E-state index is 12.1. The third kappa shape index (κ3) is 6.44. The summed E-state index contributed by atoms with van der Waals surface area (Å²) in [7, 11) is 0. The molecule has 1 aromatic rings. The average Bonchev–Trinajstić information content (AvgIpc) is 3.06. The summed E-state index contributed by atoms with van der Waals surface area (Å²) in [5.74, 6) is 0.651. The number of nitrogens with zero attached hydrogens (tertiary/aromatic N) is 1. The van der Waals surface area contributed by atoms with Gasteiger partial charge in [-0.3, -0.25) is 9.79 Å². The fourth-order valence-electron chi connectivity index (χ4n) is 2.88. The van der Waals surface area contributed by atoms with Crippen molar-refractivity contribution in [2.45, 2.75) is 37.5 Å². The largest absolute Gasteiger partial charge is 0.357 e. The number of thioether (sulfide) groups is 1. The van der Waals surface area contributed by atoms with Crippen molar-refractivity contribution >= 4 is 35.2 Å². The number of guanidine groups is 1. The number of rotatable bonds is 7. The van der Waals surface area contributed by atoms with Gasteiger partial charge in [-0.1, -0.05) is 23.7 Å². The van der Waals surface area contributed by atoms with E-state index in [0.29, 0.717) is 29.7 Å². The Balaban J connectivity index is 1.79. The van der Waals surface area contributed by atoms with Gasteiger partial charge in [0.15, 0.2) is 5.96 Å². The number of halogens is 1. The molecule has 25 heavy (non-hydrogen) atoms. The van der Waals surface area contributed by atoms with Crippen LogP contribution in [0.2, 0.25) is 5.02 Å². The van der Waals surface area contributed by atoms with Gasteiger partial charge in [-0.25, -0.2) is 0 Å². The minimum atomic E-state index is -0.169. The van der Waals surface area contributed by atoms with Gasteiger partial charge in [0.1, 0.15) is 0 Å². The highest BCUT2D eigenvalue weighted by molar-refractivity contribution is 7.99.